The molecule has 1 saturated heterocycles. The fourth-order valence-electron chi connectivity index (χ4n) is 7.27. The molecular formula is C35H47N3O3S. The van der Waals surface area contributed by atoms with E-state index in [2.05, 4.69) is 51.2 Å². The molecule has 5 atom stereocenters. The maximum atomic E-state index is 13.8. The molecule has 0 amide bonds. The van der Waals surface area contributed by atoms with E-state index in [-0.39, 0.29) is 36.0 Å². The molecule has 3 unspecified atom stereocenters. The van der Waals surface area contributed by atoms with Gasteiger partial charge in [0.15, 0.2) is 0 Å². The first kappa shape index (κ1) is 31.0. The summed E-state index contributed by atoms with van der Waals surface area (Å²) in [5.41, 5.74) is 2.33. The topological polar surface area (TPSA) is 78.8 Å². The Labute approximate surface area is 254 Å². The standard InChI is InChI=1S/C35H47N3O3S/c39-35(23-30(24-37-40)28-11-5-1-2-6-12-28)33-21-22-36-25-34(33)29-19-17-27(18-20-29)26-38(31-13-7-3-8-14-31)42(41)32-15-9-4-10-16-32/h4-5,9-11,15-20,28,30-31,33-34,36H,1-3,6-8,12-14,21-26H2/t28?,30-,33?,34-,42?/m0/s1. The highest BCUT2D eigenvalue weighted by atomic mass is 32.2. The molecule has 6 nitrogen and oxygen atoms in total. The predicted molar refractivity (Wildman–Crippen MR) is 170 cm³/mol. The van der Waals surface area contributed by atoms with Crippen LogP contribution in [0.5, 0.6) is 0 Å². The molecule has 0 radical (unpaired) electrons. The lowest BCUT2D eigenvalue weighted by Gasteiger charge is -2.34. The zero-order chi connectivity index (χ0) is 29.1. The Morgan fingerprint density at radius 3 is 2.48 bits per heavy atom. The number of carbonyl (C=O) groups excluding carboxylic acids is 1. The number of ketones is 1. The Morgan fingerprint density at radius 1 is 0.952 bits per heavy atom. The molecule has 1 N–H and O–H groups in total. The molecule has 2 aliphatic carbocycles. The number of hydrogen-bond acceptors (Lipinski definition) is 5. The molecular weight excluding hydrogens is 542 g/mol. The van der Waals surface area contributed by atoms with Gasteiger partial charge in [-0.15, -0.1) is 0 Å². The van der Waals surface area contributed by atoms with Gasteiger partial charge in [-0.2, -0.15) is 4.91 Å². The minimum absolute atomic E-state index is 0.00137. The number of nitroso groups, excluding NO2 is 1. The summed E-state index contributed by atoms with van der Waals surface area (Å²) in [7, 11) is -1.21. The number of carbonyl (C=O) groups is 1. The lowest BCUT2D eigenvalue weighted by Crippen LogP contribution is -2.40. The molecule has 0 bridgehead atoms. The fraction of sp³-hybridized carbons (Fsp3) is 0.571. The highest BCUT2D eigenvalue weighted by molar-refractivity contribution is 7.82. The van der Waals surface area contributed by atoms with Crippen molar-refractivity contribution in [2.45, 2.75) is 94.0 Å². The highest BCUT2D eigenvalue weighted by Gasteiger charge is 2.34. The van der Waals surface area contributed by atoms with Crippen LogP contribution in [-0.4, -0.2) is 40.0 Å². The molecule has 7 heteroatoms. The summed E-state index contributed by atoms with van der Waals surface area (Å²) in [6, 6.07) is 18.8. The average Bonchev–Trinajstić information content (AvgIpc) is 3.34. The number of benzene rings is 2. The number of hydrogen-bond donors (Lipinski definition) is 1. The zero-order valence-electron chi connectivity index (χ0n) is 24.9. The summed E-state index contributed by atoms with van der Waals surface area (Å²) < 4.78 is 15.9. The van der Waals surface area contributed by atoms with Crippen molar-refractivity contribution in [3.8, 4) is 0 Å². The van der Waals surface area contributed by atoms with E-state index >= 15 is 0 Å². The Bertz CT molecular complexity index is 1200. The average molecular weight is 590 g/mol. The van der Waals surface area contributed by atoms with E-state index in [0.717, 1.165) is 62.1 Å². The monoisotopic (exact) mass is 589 g/mol. The van der Waals surface area contributed by atoms with Crippen LogP contribution in [0.4, 0.5) is 0 Å². The van der Waals surface area contributed by atoms with Crippen LogP contribution < -0.4 is 5.32 Å². The van der Waals surface area contributed by atoms with Crippen LogP contribution in [0.15, 0.2) is 76.8 Å². The van der Waals surface area contributed by atoms with Gasteiger partial charge < -0.3 is 5.32 Å². The second kappa shape index (κ2) is 15.8. The molecule has 0 spiro atoms. The number of rotatable bonds is 12. The van der Waals surface area contributed by atoms with Crippen molar-refractivity contribution >= 4 is 16.8 Å². The lowest BCUT2D eigenvalue weighted by atomic mass is 9.75. The van der Waals surface area contributed by atoms with Crippen LogP contribution in [0, 0.1) is 22.7 Å². The second-order valence-electron chi connectivity index (χ2n) is 12.5. The fourth-order valence-corrected chi connectivity index (χ4v) is 8.68. The van der Waals surface area contributed by atoms with Crippen LogP contribution in [0.3, 0.4) is 0 Å². The van der Waals surface area contributed by atoms with Crippen LogP contribution in [0.25, 0.3) is 0 Å². The van der Waals surface area contributed by atoms with Gasteiger partial charge in [0.25, 0.3) is 0 Å². The first-order chi connectivity index (χ1) is 20.6. The van der Waals surface area contributed by atoms with E-state index in [0.29, 0.717) is 19.0 Å². The maximum absolute atomic E-state index is 13.8. The van der Waals surface area contributed by atoms with Gasteiger partial charge in [-0.05, 0) is 80.2 Å². The zero-order valence-corrected chi connectivity index (χ0v) is 25.7. The Kier molecular flexibility index (Phi) is 11.7. The highest BCUT2D eigenvalue weighted by Crippen LogP contribution is 2.35. The lowest BCUT2D eigenvalue weighted by molar-refractivity contribution is -0.125. The predicted octanol–water partition coefficient (Wildman–Crippen LogP) is 7.33. The van der Waals surface area contributed by atoms with Crippen LogP contribution >= 0.6 is 0 Å². The number of allylic oxidation sites excluding steroid dienone is 2. The molecule has 226 valence electrons. The van der Waals surface area contributed by atoms with Gasteiger partial charge in [0, 0.05) is 37.4 Å². The molecule has 1 heterocycles. The third kappa shape index (κ3) is 8.12. The Hall–Kier alpha value is -2.48. The molecule has 2 aromatic carbocycles. The number of nitrogens with one attached hydrogen (secondary N) is 1. The Balaban J connectivity index is 1.29. The largest absolute Gasteiger partial charge is 0.316 e. The number of nitrogens with zero attached hydrogens (tertiary/aromatic N) is 2. The molecule has 1 aliphatic heterocycles. The van der Waals surface area contributed by atoms with Gasteiger partial charge in [-0.3, -0.25) is 4.79 Å². The Morgan fingerprint density at radius 2 is 1.71 bits per heavy atom. The first-order valence-electron chi connectivity index (χ1n) is 16.2. The SMILES string of the molecule is O=NC[C@H](CC(=O)C1CCNC[C@H]1c1ccc(CN(C2CCCCC2)S(=O)c2ccccc2)cc1)C1C=CCCCC1. The molecule has 3 aliphatic rings. The van der Waals surface area contributed by atoms with E-state index in [1.807, 2.05) is 30.3 Å². The van der Waals surface area contributed by atoms with Gasteiger partial charge in [-0.25, -0.2) is 8.51 Å². The minimum atomic E-state index is -1.21. The van der Waals surface area contributed by atoms with Crippen LogP contribution in [0.2, 0.25) is 0 Å². The van der Waals surface area contributed by atoms with E-state index in [4.69, 9.17) is 0 Å². The summed E-state index contributed by atoms with van der Waals surface area (Å²) in [4.78, 5) is 25.9. The van der Waals surface area contributed by atoms with Gasteiger partial charge in [0.05, 0.1) is 11.4 Å². The summed E-state index contributed by atoms with van der Waals surface area (Å²) in [6.07, 6.45) is 16.0. The van der Waals surface area contributed by atoms with Crippen molar-refractivity contribution in [3.63, 3.8) is 0 Å². The van der Waals surface area contributed by atoms with Crippen LogP contribution in [-0.2, 0) is 22.3 Å². The van der Waals surface area contributed by atoms with Crippen molar-refractivity contribution < 1.29 is 9.00 Å². The van der Waals surface area contributed by atoms with Crippen molar-refractivity contribution in [2.75, 3.05) is 19.6 Å². The van der Waals surface area contributed by atoms with E-state index in [9.17, 15) is 13.9 Å². The van der Waals surface area contributed by atoms with Crippen molar-refractivity contribution in [2.24, 2.45) is 22.9 Å². The van der Waals surface area contributed by atoms with Crippen molar-refractivity contribution in [1.29, 1.82) is 0 Å². The third-order valence-corrected chi connectivity index (χ3v) is 11.2. The molecule has 2 fully saturated rings. The molecule has 1 saturated carbocycles. The maximum Gasteiger partial charge on any atom is 0.137 e. The van der Waals surface area contributed by atoms with Gasteiger partial charge in [-0.1, -0.05) is 85.5 Å². The molecule has 5 rings (SSSR count). The van der Waals surface area contributed by atoms with Crippen molar-refractivity contribution in [1.82, 2.24) is 9.62 Å². The summed E-state index contributed by atoms with van der Waals surface area (Å²) >= 11 is 0. The van der Waals surface area contributed by atoms with Gasteiger partial charge >= 0.3 is 0 Å². The second-order valence-corrected chi connectivity index (χ2v) is 13.9. The number of Topliss-reactive ketones (excluding diaryl/α,β-unsaturated/α-hetero) is 1. The molecule has 0 aromatic heterocycles. The molecule has 2 aromatic rings. The number of piperidine rings is 1. The summed E-state index contributed by atoms with van der Waals surface area (Å²) in [5, 5.41) is 6.75. The van der Waals surface area contributed by atoms with E-state index in [1.54, 1.807) is 0 Å². The van der Waals surface area contributed by atoms with Gasteiger partial charge in [0.2, 0.25) is 0 Å². The summed E-state index contributed by atoms with van der Waals surface area (Å²) in [6.45, 7) is 2.48. The van der Waals surface area contributed by atoms with Crippen LogP contribution in [0.1, 0.15) is 87.7 Å². The quantitative estimate of drug-likeness (QED) is 0.208. The van der Waals surface area contributed by atoms with E-state index < -0.39 is 11.0 Å². The van der Waals surface area contributed by atoms with Gasteiger partial charge in [0.1, 0.15) is 16.8 Å². The minimum Gasteiger partial charge on any atom is -0.316 e. The smallest absolute Gasteiger partial charge is 0.137 e. The normalized spacial score (nSPS) is 25.0. The third-order valence-electron chi connectivity index (χ3n) is 9.70. The molecule has 42 heavy (non-hydrogen) atoms. The van der Waals surface area contributed by atoms with Crippen molar-refractivity contribution in [3.05, 3.63) is 82.8 Å². The van der Waals surface area contributed by atoms with E-state index in [1.165, 1.54) is 31.2 Å². The summed E-state index contributed by atoms with van der Waals surface area (Å²) in [5.74, 6) is 0.604. The first-order valence-corrected chi connectivity index (χ1v) is 17.3.